The zero-order valence-electron chi connectivity index (χ0n) is 25.7. The van der Waals surface area contributed by atoms with E-state index < -0.39 is 11.2 Å². The van der Waals surface area contributed by atoms with Gasteiger partial charge in [0.05, 0.1) is 11.2 Å². The van der Waals surface area contributed by atoms with E-state index in [-0.39, 0.29) is 0 Å². The first-order chi connectivity index (χ1) is 21.2. The molecule has 4 unspecified atom stereocenters. The minimum atomic E-state index is -0.704. The van der Waals surface area contributed by atoms with Crippen LogP contribution in [0.4, 0.5) is 0 Å². The Bertz CT molecular complexity index is 1280. The van der Waals surface area contributed by atoms with Crippen LogP contribution in [0.5, 0.6) is 0 Å². The van der Waals surface area contributed by atoms with Crippen molar-refractivity contribution in [1.29, 1.82) is 0 Å². The summed E-state index contributed by atoms with van der Waals surface area (Å²) in [5.41, 5.74) is 1.61. The minimum Gasteiger partial charge on any atom is -0.384 e. The Kier molecular flexibility index (Phi) is 6.64. The molecule has 2 aromatic heterocycles. The number of hydrogen-bond acceptors (Lipinski definition) is 6. The maximum Gasteiger partial charge on any atom is 0.129 e. The summed E-state index contributed by atoms with van der Waals surface area (Å²) in [6.07, 6.45) is 18.9. The predicted molar refractivity (Wildman–Crippen MR) is 171 cm³/mol. The lowest BCUT2D eigenvalue weighted by molar-refractivity contribution is -0.217. The average Bonchev–Trinajstić information content (AvgIpc) is 2.87. The normalized spacial score (nSPS) is 46.7. The van der Waals surface area contributed by atoms with E-state index in [1.165, 1.54) is 51.4 Å². The predicted octanol–water partition coefficient (Wildman–Crippen LogP) is 6.41. The number of rotatable bonds is 4. The molecule has 12 rings (SSSR count). The monoisotopic (exact) mass is 636 g/mol. The van der Waals surface area contributed by atoms with Gasteiger partial charge in [-0.2, -0.15) is 0 Å². The minimum absolute atomic E-state index is 0.340. The van der Waals surface area contributed by atoms with E-state index in [1.54, 1.807) is 12.4 Å². The van der Waals surface area contributed by atoms with Gasteiger partial charge in [0.2, 0.25) is 0 Å². The zero-order valence-corrected chi connectivity index (χ0v) is 27.2. The number of aromatic nitrogens is 2. The fourth-order valence-corrected chi connectivity index (χ4v) is 11.9. The summed E-state index contributed by atoms with van der Waals surface area (Å²) < 4.78 is 0. The maximum atomic E-state index is 11.6. The largest absolute Gasteiger partial charge is 0.384 e. The average molecular weight is 638 g/mol. The highest BCUT2D eigenvalue weighted by atomic mass is 35.5. The molecular weight excluding hydrogens is 591 g/mol. The number of halogens is 2. The summed E-state index contributed by atoms with van der Waals surface area (Å²) >= 11 is 12.2. The van der Waals surface area contributed by atoms with Gasteiger partial charge in [0.25, 0.3) is 0 Å². The summed E-state index contributed by atoms with van der Waals surface area (Å²) in [4.78, 5) is 13.6. The SMILES string of the molecule is OC1(c2ccnc(Cl)c2)C2CCCC1CN(C13CC(C1)C3)C2.OC1(c2ccnc(Cl)c2)C2CCCC1CN(C13CC(C1)C3)C2. The smallest absolute Gasteiger partial charge is 0.129 e. The van der Waals surface area contributed by atoms with Crippen LogP contribution in [0, 0.1) is 35.5 Å². The molecule has 2 saturated heterocycles. The van der Waals surface area contributed by atoms with Crippen molar-refractivity contribution in [2.75, 3.05) is 26.2 Å². The van der Waals surface area contributed by atoms with Crippen molar-refractivity contribution >= 4 is 23.2 Å². The van der Waals surface area contributed by atoms with Crippen LogP contribution in [0.25, 0.3) is 0 Å². The summed E-state index contributed by atoms with van der Waals surface area (Å²) in [6, 6.07) is 7.69. The van der Waals surface area contributed by atoms with Gasteiger partial charge in [0.15, 0.2) is 0 Å². The Balaban J connectivity index is 0.000000123. The molecule has 4 atom stereocenters. The molecule has 8 saturated carbocycles. The Morgan fingerprint density at radius 1 is 0.591 bits per heavy atom. The second-order valence-electron chi connectivity index (χ2n) is 16.3. The van der Waals surface area contributed by atoms with Crippen LogP contribution in [0.1, 0.15) is 88.2 Å². The van der Waals surface area contributed by atoms with E-state index in [4.69, 9.17) is 23.2 Å². The van der Waals surface area contributed by atoms with Crippen LogP contribution in [0.2, 0.25) is 10.3 Å². The molecule has 2 N–H and O–H groups in total. The van der Waals surface area contributed by atoms with E-state index in [9.17, 15) is 10.2 Å². The summed E-state index contributed by atoms with van der Waals surface area (Å²) in [5, 5.41) is 24.2. The molecule has 6 nitrogen and oxygen atoms in total. The number of nitrogens with zero attached hydrogens (tertiary/aromatic N) is 4. The third-order valence-corrected chi connectivity index (χ3v) is 14.6. The quantitative estimate of drug-likeness (QED) is 0.378. The highest BCUT2D eigenvalue weighted by molar-refractivity contribution is 6.29. The second kappa shape index (κ2) is 10.1. The third kappa shape index (κ3) is 4.13. The molecular formula is C36H46Cl2N4O2. The van der Waals surface area contributed by atoms with Crippen LogP contribution >= 0.6 is 23.2 Å². The number of aliphatic hydroxyl groups is 2. The fraction of sp³-hybridized carbons (Fsp3) is 0.722. The topological polar surface area (TPSA) is 72.7 Å². The maximum absolute atomic E-state index is 11.6. The van der Waals surface area contributed by atoms with Gasteiger partial charge in [0.1, 0.15) is 10.3 Å². The molecule has 10 fully saturated rings. The van der Waals surface area contributed by atoms with Crippen LogP contribution in [0.15, 0.2) is 36.7 Å². The van der Waals surface area contributed by atoms with E-state index in [0.717, 1.165) is 74.8 Å². The molecule has 8 bridgehead atoms. The molecule has 0 amide bonds. The van der Waals surface area contributed by atoms with E-state index in [2.05, 4.69) is 19.8 Å². The highest BCUT2D eigenvalue weighted by Crippen LogP contribution is 2.64. The van der Waals surface area contributed by atoms with Crippen LogP contribution in [-0.2, 0) is 11.2 Å². The van der Waals surface area contributed by atoms with Crippen LogP contribution in [0.3, 0.4) is 0 Å². The van der Waals surface area contributed by atoms with Gasteiger partial charge in [-0.25, -0.2) is 9.97 Å². The molecule has 0 aromatic carbocycles. The summed E-state index contributed by atoms with van der Waals surface area (Å²) in [7, 11) is 0. The lowest BCUT2D eigenvalue weighted by Gasteiger charge is -2.70. The van der Waals surface area contributed by atoms with Gasteiger partial charge >= 0.3 is 0 Å². The number of fused-ring (bicyclic) bond motifs is 4. The molecule has 2 aliphatic heterocycles. The molecule has 0 radical (unpaired) electrons. The first kappa shape index (κ1) is 28.9. The number of likely N-dealkylation sites (tertiary alicyclic amines) is 2. The second-order valence-corrected chi connectivity index (χ2v) is 17.0. The van der Waals surface area contributed by atoms with Crippen molar-refractivity contribution in [2.45, 2.75) is 99.3 Å². The van der Waals surface area contributed by atoms with Gasteiger partial charge in [-0.3, -0.25) is 9.80 Å². The molecule has 8 aliphatic carbocycles. The van der Waals surface area contributed by atoms with Crippen molar-refractivity contribution in [3.05, 3.63) is 58.1 Å². The first-order valence-electron chi connectivity index (χ1n) is 17.4. The molecule has 44 heavy (non-hydrogen) atoms. The van der Waals surface area contributed by atoms with Crippen molar-refractivity contribution in [3.8, 4) is 0 Å². The molecule has 8 heteroatoms. The van der Waals surface area contributed by atoms with Crippen molar-refractivity contribution in [1.82, 2.24) is 19.8 Å². The van der Waals surface area contributed by atoms with Crippen molar-refractivity contribution in [3.63, 3.8) is 0 Å². The summed E-state index contributed by atoms with van der Waals surface area (Å²) in [5.74, 6) is 3.39. The van der Waals surface area contributed by atoms with Crippen LogP contribution in [-0.4, -0.2) is 67.2 Å². The Morgan fingerprint density at radius 3 is 1.20 bits per heavy atom. The molecule has 10 aliphatic rings. The Hall–Kier alpha value is -1.28. The van der Waals surface area contributed by atoms with Gasteiger partial charge < -0.3 is 10.2 Å². The van der Waals surface area contributed by atoms with E-state index in [1.807, 2.05) is 24.3 Å². The fourth-order valence-electron chi connectivity index (χ4n) is 11.6. The van der Waals surface area contributed by atoms with E-state index in [0.29, 0.717) is 45.1 Å². The van der Waals surface area contributed by atoms with Gasteiger partial charge in [-0.15, -0.1) is 0 Å². The Labute approximate surface area is 271 Å². The molecule has 2 aromatic rings. The molecule has 0 spiro atoms. The number of hydrogen-bond donors (Lipinski definition) is 2. The summed E-state index contributed by atoms with van der Waals surface area (Å²) in [6.45, 7) is 4.22. The van der Waals surface area contributed by atoms with Gasteiger partial charge in [-0.1, -0.05) is 36.0 Å². The Morgan fingerprint density at radius 2 is 0.932 bits per heavy atom. The lowest BCUT2D eigenvalue weighted by Crippen LogP contribution is -2.73. The standard InChI is InChI=1S/2C18H23ClN2O/c2*19-16-6-13(4-5-20-16)18(22)14-2-1-3-15(18)11-21(10-14)17-7-12(8-17)9-17/h2*4-6,12,14-15,22H,1-3,7-11H2. The van der Waals surface area contributed by atoms with Crippen LogP contribution < -0.4 is 0 Å². The highest BCUT2D eigenvalue weighted by Gasteiger charge is 2.64. The molecule has 236 valence electrons. The van der Waals surface area contributed by atoms with Crippen molar-refractivity contribution < 1.29 is 10.2 Å². The zero-order chi connectivity index (χ0) is 29.9. The lowest BCUT2D eigenvalue weighted by atomic mass is 9.48. The molecule has 4 heterocycles. The van der Waals surface area contributed by atoms with E-state index >= 15 is 0 Å². The third-order valence-electron chi connectivity index (χ3n) is 14.2. The van der Waals surface area contributed by atoms with Gasteiger partial charge in [-0.05, 0) is 111 Å². The first-order valence-corrected chi connectivity index (χ1v) is 18.1. The number of piperidine rings is 2. The van der Waals surface area contributed by atoms with Gasteiger partial charge in [0, 0.05) is 73.3 Å². The van der Waals surface area contributed by atoms with Crippen molar-refractivity contribution in [2.24, 2.45) is 35.5 Å². The number of pyridine rings is 2.